The van der Waals surface area contributed by atoms with Gasteiger partial charge in [-0.3, -0.25) is 4.79 Å². The quantitative estimate of drug-likeness (QED) is 0.766. The lowest BCUT2D eigenvalue weighted by molar-refractivity contribution is 0.0944. The zero-order chi connectivity index (χ0) is 17.1. The minimum absolute atomic E-state index is 0.223. The molecule has 1 atom stereocenters. The third kappa shape index (κ3) is 3.21. The molecule has 7 heteroatoms. The number of halogens is 1. The van der Waals surface area contributed by atoms with Crippen LogP contribution in [0.2, 0.25) is 0 Å². The van der Waals surface area contributed by atoms with Gasteiger partial charge < -0.3 is 9.84 Å². The average Bonchev–Trinajstić information content (AvgIpc) is 3.22. The zero-order valence-electron chi connectivity index (χ0n) is 13.2. The van der Waals surface area contributed by atoms with Crippen molar-refractivity contribution in [2.45, 2.75) is 26.3 Å². The first kappa shape index (κ1) is 16.3. The molecule has 3 aromatic rings. The van der Waals surface area contributed by atoms with Crippen LogP contribution < -0.4 is 5.32 Å². The first-order chi connectivity index (χ1) is 11.6. The molecule has 24 heavy (non-hydrogen) atoms. The van der Waals surface area contributed by atoms with Gasteiger partial charge in [-0.25, -0.2) is 4.39 Å². The number of aryl methyl sites for hydroxylation is 2. The third-order valence-electron chi connectivity index (χ3n) is 3.63. The van der Waals surface area contributed by atoms with E-state index in [-0.39, 0.29) is 11.7 Å². The fourth-order valence-corrected chi connectivity index (χ4v) is 3.33. The van der Waals surface area contributed by atoms with E-state index in [0.717, 1.165) is 12.0 Å². The van der Waals surface area contributed by atoms with Gasteiger partial charge in [0.1, 0.15) is 11.9 Å². The molecular weight excluding hydrogens is 329 g/mol. The fraction of sp³-hybridized carbons (Fsp3) is 0.235. The van der Waals surface area contributed by atoms with Crippen molar-refractivity contribution in [1.29, 1.82) is 0 Å². The summed E-state index contributed by atoms with van der Waals surface area (Å²) in [6.45, 7) is 3.63. The Balaban J connectivity index is 1.97. The summed E-state index contributed by atoms with van der Waals surface area (Å²) < 4.78 is 19.2. The number of carbonyl (C=O) groups is 1. The largest absolute Gasteiger partial charge is 0.340 e. The molecule has 0 saturated heterocycles. The summed E-state index contributed by atoms with van der Waals surface area (Å²) in [6, 6.07) is 7.32. The maximum atomic E-state index is 14.2. The van der Waals surface area contributed by atoms with Crippen molar-refractivity contribution in [1.82, 2.24) is 15.5 Å². The van der Waals surface area contributed by atoms with Crippen LogP contribution in [-0.4, -0.2) is 16.0 Å². The van der Waals surface area contributed by atoms with Gasteiger partial charge in [-0.05, 0) is 29.5 Å². The summed E-state index contributed by atoms with van der Waals surface area (Å²) >= 11 is 1.35. The van der Waals surface area contributed by atoms with Crippen LogP contribution in [0.1, 0.15) is 45.5 Å². The molecule has 3 rings (SSSR count). The number of nitrogens with zero attached hydrogens (tertiary/aromatic N) is 2. The van der Waals surface area contributed by atoms with Crippen LogP contribution in [-0.2, 0) is 6.42 Å². The second-order valence-corrected chi connectivity index (χ2v) is 6.14. The molecule has 1 unspecified atom stereocenters. The molecule has 1 N–H and O–H groups in total. The van der Waals surface area contributed by atoms with Crippen molar-refractivity contribution in [3.8, 4) is 0 Å². The van der Waals surface area contributed by atoms with Gasteiger partial charge in [0.15, 0.2) is 5.82 Å². The Bertz CT molecular complexity index is 859. The van der Waals surface area contributed by atoms with E-state index in [1.54, 1.807) is 25.1 Å². The van der Waals surface area contributed by atoms with Crippen LogP contribution in [0.5, 0.6) is 0 Å². The molecule has 2 aromatic heterocycles. The van der Waals surface area contributed by atoms with E-state index in [1.807, 2.05) is 18.4 Å². The Labute approximate surface area is 142 Å². The molecule has 0 saturated carbocycles. The second-order valence-electron chi connectivity index (χ2n) is 5.23. The smallest absolute Gasteiger partial charge is 0.262 e. The van der Waals surface area contributed by atoms with Crippen molar-refractivity contribution in [3.05, 3.63) is 69.2 Å². The zero-order valence-corrected chi connectivity index (χ0v) is 14.1. The molecule has 5 nitrogen and oxygen atoms in total. The van der Waals surface area contributed by atoms with E-state index in [2.05, 4.69) is 15.5 Å². The Kier molecular flexibility index (Phi) is 4.71. The van der Waals surface area contributed by atoms with Crippen LogP contribution in [0.15, 0.2) is 40.2 Å². The Hall–Kier alpha value is -2.54. The summed E-state index contributed by atoms with van der Waals surface area (Å²) in [7, 11) is 0. The number of rotatable bonds is 5. The van der Waals surface area contributed by atoms with Crippen LogP contribution in [0.3, 0.4) is 0 Å². The van der Waals surface area contributed by atoms with Crippen molar-refractivity contribution in [3.63, 3.8) is 0 Å². The number of amides is 1. The number of carbonyl (C=O) groups excluding carboxylic acids is 1. The summed E-state index contributed by atoms with van der Waals surface area (Å²) in [5, 5.41) is 8.54. The molecule has 2 heterocycles. The summed E-state index contributed by atoms with van der Waals surface area (Å²) in [6.07, 6.45) is 0.748. The number of benzene rings is 1. The van der Waals surface area contributed by atoms with E-state index < -0.39 is 11.9 Å². The first-order valence-corrected chi connectivity index (χ1v) is 8.40. The first-order valence-electron chi connectivity index (χ1n) is 7.52. The molecule has 0 bridgehead atoms. The molecule has 124 valence electrons. The Morgan fingerprint density at radius 1 is 1.38 bits per heavy atom. The average molecular weight is 345 g/mol. The minimum atomic E-state index is -0.817. The lowest BCUT2D eigenvalue weighted by atomic mass is 10.1. The van der Waals surface area contributed by atoms with Crippen molar-refractivity contribution in [2.24, 2.45) is 0 Å². The number of thiophene rings is 1. The van der Waals surface area contributed by atoms with Crippen molar-refractivity contribution >= 4 is 17.2 Å². The summed E-state index contributed by atoms with van der Waals surface area (Å²) in [4.78, 5) is 17.4. The number of hydrogen-bond donors (Lipinski definition) is 1. The maximum Gasteiger partial charge on any atom is 0.262 e. The number of hydrogen-bond acceptors (Lipinski definition) is 5. The monoisotopic (exact) mass is 345 g/mol. The molecule has 0 aliphatic rings. The van der Waals surface area contributed by atoms with Gasteiger partial charge in [0, 0.05) is 12.5 Å². The highest BCUT2D eigenvalue weighted by Crippen LogP contribution is 2.25. The molecule has 0 spiro atoms. The summed E-state index contributed by atoms with van der Waals surface area (Å²) in [5.41, 5.74) is 1.25. The highest BCUT2D eigenvalue weighted by molar-refractivity contribution is 7.12. The summed E-state index contributed by atoms with van der Waals surface area (Å²) in [5.74, 6) is -0.142. The van der Waals surface area contributed by atoms with Gasteiger partial charge in [0.05, 0.1) is 4.88 Å². The van der Waals surface area contributed by atoms with Gasteiger partial charge in [-0.1, -0.05) is 30.3 Å². The van der Waals surface area contributed by atoms with Gasteiger partial charge in [0.2, 0.25) is 5.89 Å². The van der Waals surface area contributed by atoms with Crippen LogP contribution in [0, 0.1) is 12.7 Å². The van der Waals surface area contributed by atoms with E-state index in [4.69, 9.17) is 4.52 Å². The molecule has 1 amide bonds. The molecule has 0 aliphatic heterocycles. The van der Waals surface area contributed by atoms with Crippen molar-refractivity contribution < 1.29 is 13.7 Å². The number of nitrogens with one attached hydrogen (secondary N) is 1. The predicted octanol–water partition coefficient (Wildman–Crippen LogP) is 3.66. The van der Waals surface area contributed by atoms with E-state index >= 15 is 0 Å². The standard InChI is InChI=1S/C17H16FN3O2S/c1-3-11-8-9-24-15(11)17(22)20-14(16-19-10(2)23-21-16)12-6-4-5-7-13(12)18/h4-9,14H,3H2,1-2H3,(H,20,22). The maximum absolute atomic E-state index is 14.2. The normalized spacial score (nSPS) is 12.1. The molecule has 1 aromatic carbocycles. The van der Waals surface area contributed by atoms with Gasteiger partial charge in [-0.15, -0.1) is 11.3 Å². The SMILES string of the molecule is CCc1ccsc1C(=O)NC(c1noc(C)n1)c1ccccc1F. The van der Waals surface area contributed by atoms with E-state index in [1.165, 1.54) is 17.4 Å². The fourth-order valence-electron chi connectivity index (χ4n) is 2.43. The van der Waals surface area contributed by atoms with Gasteiger partial charge >= 0.3 is 0 Å². The Morgan fingerprint density at radius 3 is 2.83 bits per heavy atom. The predicted molar refractivity (Wildman–Crippen MR) is 88.4 cm³/mol. The second kappa shape index (κ2) is 6.92. The van der Waals surface area contributed by atoms with E-state index in [9.17, 15) is 9.18 Å². The lowest BCUT2D eigenvalue weighted by Crippen LogP contribution is -2.30. The minimum Gasteiger partial charge on any atom is -0.340 e. The van der Waals surface area contributed by atoms with Crippen LogP contribution >= 0.6 is 11.3 Å². The van der Waals surface area contributed by atoms with E-state index in [0.29, 0.717) is 16.3 Å². The highest BCUT2D eigenvalue weighted by atomic mass is 32.1. The number of aromatic nitrogens is 2. The molecule has 0 radical (unpaired) electrons. The Morgan fingerprint density at radius 2 is 2.17 bits per heavy atom. The molecule has 0 fully saturated rings. The lowest BCUT2D eigenvalue weighted by Gasteiger charge is -2.16. The van der Waals surface area contributed by atoms with Crippen molar-refractivity contribution in [2.75, 3.05) is 0 Å². The highest BCUT2D eigenvalue weighted by Gasteiger charge is 2.26. The molecule has 0 aliphatic carbocycles. The van der Waals surface area contributed by atoms with Crippen LogP contribution in [0.4, 0.5) is 4.39 Å². The third-order valence-corrected chi connectivity index (χ3v) is 4.58. The topological polar surface area (TPSA) is 68.0 Å². The van der Waals surface area contributed by atoms with Crippen LogP contribution in [0.25, 0.3) is 0 Å². The molecular formula is C17H16FN3O2S. The van der Waals surface area contributed by atoms with Gasteiger partial charge in [-0.2, -0.15) is 4.98 Å². The van der Waals surface area contributed by atoms with Gasteiger partial charge in [0.25, 0.3) is 5.91 Å².